The summed E-state index contributed by atoms with van der Waals surface area (Å²) in [6.45, 7) is 3.85. The first-order chi connectivity index (χ1) is 8.67. The highest BCUT2D eigenvalue weighted by atomic mass is 32.2. The zero-order chi connectivity index (χ0) is 14.6. The van der Waals surface area contributed by atoms with Gasteiger partial charge in [-0.2, -0.15) is 5.10 Å². The molecule has 1 atom stereocenters. The number of nitrogens with one attached hydrogen (secondary N) is 2. The number of amides is 1. The minimum Gasteiger partial charge on any atom is -0.322 e. The van der Waals surface area contributed by atoms with E-state index in [0.717, 1.165) is 6.26 Å². The molecule has 1 rings (SSSR count). The second-order valence-electron chi connectivity index (χ2n) is 4.96. The highest BCUT2D eigenvalue weighted by molar-refractivity contribution is 7.88. The molecule has 1 aromatic heterocycles. The molecule has 1 amide bonds. The first kappa shape index (κ1) is 15.6. The Bertz CT molecular complexity index is 536. The van der Waals surface area contributed by atoms with Gasteiger partial charge >= 0.3 is 0 Å². The Morgan fingerprint density at radius 2 is 2.11 bits per heavy atom. The topological polar surface area (TPSA) is 93.1 Å². The molecule has 0 aromatic carbocycles. The number of anilines is 1. The number of carbonyl (C=O) groups is 1. The average molecular weight is 288 g/mol. The van der Waals surface area contributed by atoms with Gasteiger partial charge < -0.3 is 5.32 Å². The lowest BCUT2D eigenvalue weighted by molar-refractivity contribution is -0.118. The van der Waals surface area contributed by atoms with Crippen molar-refractivity contribution in [1.82, 2.24) is 14.5 Å². The van der Waals surface area contributed by atoms with Gasteiger partial charge in [0, 0.05) is 13.2 Å². The van der Waals surface area contributed by atoms with Crippen molar-refractivity contribution in [1.29, 1.82) is 0 Å². The number of hydrogen-bond acceptors (Lipinski definition) is 4. The quantitative estimate of drug-likeness (QED) is 0.788. The van der Waals surface area contributed by atoms with Crippen molar-refractivity contribution in [3.8, 4) is 0 Å². The number of aromatic nitrogens is 2. The molecule has 1 heterocycles. The van der Waals surface area contributed by atoms with Crippen LogP contribution in [-0.4, -0.2) is 36.4 Å². The van der Waals surface area contributed by atoms with Gasteiger partial charge in [0.2, 0.25) is 15.9 Å². The maximum Gasteiger partial charge on any atom is 0.242 e. The van der Waals surface area contributed by atoms with E-state index in [1.54, 1.807) is 17.9 Å². The lowest BCUT2D eigenvalue weighted by atomic mass is 10.0. The minimum absolute atomic E-state index is 0.193. The van der Waals surface area contributed by atoms with Crippen LogP contribution in [0.2, 0.25) is 0 Å². The molecule has 0 aliphatic carbocycles. The fourth-order valence-electron chi connectivity index (χ4n) is 1.65. The molecule has 8 heteroatoms. The van der Waals surface area contributed by atoms with Crippen molar-refractivity contribution in [3.05, 3.63) is 12.4 Å². The first-order valence-corrected chi connectivity index (χ1v) is 7.83. The standard InChI is InChI=1S/C11H20N4O3S/c1-8(2)5-10(14-19(4,17)18)11(16)13-9-6-12-15(3)7-9/h6-8,10,14H,5H2,1-4H3,(H,13,16)/t10-/m1/s1. The Morgan fingerprint density at radius 3 is 2.53 bits per heavy atom. The van der Waals surface area contributed by atoms with Gasteiger partial charge in [0.25, 0.3) is 0 Å². The summed E-state index contributed by atoms with van der Waals surface area (Å²) in [6.07, 6.45) is 4.62. The summed E-state index contributed by atoms with van der Waals surface area (Å²) in [4.78, 5) is 12.1. The number of hydrogen-bond donors (Lipinski definition) is 2. The highest BCUT2D eigenvalue weighted by Gasteiger charge is 2.23. The number of aryl methyl sites for hydroxylation is 1. The van der Waals surface area contributed by atoms with E-state index in [0.29, 0.717) is 12.1 Å². The number of rotatable bonds is 6. The third-order valence-corrected chi connectivity index (χ3v) is 3.07. The van der Waals surface area contributed by atoms with Crippen LogP contribution in [0.25, 0.3) is 0 Å². The molecule has 0 aliphatic rings. The molecule has 2 N–H and O–H groups in total. The van der Waals surface area contributed by atoms with Crippen LogP contribution in [0.5, 0.6) is 0 Å². The average Bonchev–Trinajstić information content (AvgIpc) is 2.60. The van der Waals surface area contributed by atoms with Gasteiger partial charge in [-0.25, -0.2) is 13.1 Å². The van der Waals surface area contributed by atoms with Gasteiger partial charge in [0.1, 0.15) is 6.04 Å². The van der Waals surface area contributed by atoms with E-state index < -0.39 is 16.1 Å². The number of sulfonamides is 1. The van der Waals surface area contributed by atoms with E-state index in [1.807, 2.05) is 13.8 Å². The van der Waals surface area contributed by atoms with E-state index in [9.17, 15) is 13.2 Å². The SMILES string of the molecule is CC(C)C[C@@H](NS(C)(=O)=O)C(=O)Nc1cnn(C)c1. The van der Waals surface area contributed by atoms with E-state index in [4.69, 9.17) is 0 Å². The van der Waals surface area contributed by atoms with Crippen molar-refractivity contribution in [2.45, 2.75) is 26.3 Å². The van der Waals surface area contributed by atoms with Crippen LogP contribution < -0.4 is 10.0 Å². The molecular weight excluding hydrogens is 268 g/mol. The minimum atomic E-state index is -3.43. The maximum absolute atomic E-state index is 12.1. The summed E-state index contributed by atoms with van der Waals surface area (Å²) in [5.41, 5.74) is 0.538. The molecule has 0 spiro atoms. The molecule has 108 valence electrons. The summed E-state index contributed by atoms with van der Waals surface area (Å²) >= 11 is 0. The zero-order valence-electron chi connectivity index (χ0n) is 11.5. The predicted octanol–water partition coefficient (Wildman–Crippen LogP) is 0.322. The summed E-state index contributed by atoms with van der Waals surface area (Å²) < 4.78 is 26.5. The molecule has 0 aliphatic heterocycles. The fraction of sp³-hybridized carbons (Fsp3) is 0.636. The van der Waals surface area contributed by atoms with E-state index in [-0.39, 0.29) is 11.8 Å². The van der Waals surface area contributed by atoms with Crippen molar-refractivity contribution < 1.29 is 13.2 Å². The van der Waals surface area contributed by atoms with Gasteiger partial charge in [-0.3, -0.25) is 9.48 Å². The Morgan fingerprint density at radius 1 is 1.47 bits per heavy atom. The van der Waals surface area contributed by atoms with Crippen LogP contribution >= 0.6 is 0 Å². The lowest BCUT2D eigenvalue weighted by Gasteiger charge is -2.18. The molecule has 0 saturated heterocycles. The van der Waals surface area contributed by atoms with E-state index in [2.05, 4.69) is 15.1 Å². The highest BCUT2D eigenvalue weighted by Crippen LogP contribution is 2.10. The third-order valence-electron chi connectivity index (χ3n) is 2.35. The smallest absolute Gasteiger partial charge is 0.242 e. The number of nitrogens with zero attached hydrogens (tertiary/aromatic N) is 2. The predicted molar refractivity (Wildman–Crippen MR) is 73.1 cm³/mol. The third kappa shape index (κ3) is 5.84. The molecule has 0 fully saturated rings. The second-order valence-corrected chi connectivity index (χ2v) is 6.74. The molecule has 7 nitrogen and oxygen atoms in total. The molecule has 0 unspecified atom stereocenters. The summed E-state index contributed by atoms with van der Waals surface area (Å²) in [5.74, 6) is -0.189. The Labute approximate surface area is 113 Å². The van der Waals surface area contributed by atoms with Gasteiger partial charge in [-0.15, -0.1) is 0 Å². The fourth-order valence-corrected chi connectivity index (χ4v) is 2.37. The molecule has 1 aromatic rings. The van der Waals surface area contributed by atoms with E-state index >= 15 is 0 Å². The molecule has 19 heavy (non-hydrogen) atoms. The Hall–Kier alpha value is -1.41. The van der Waals surface area contributed by atoms with Crippen molar-refractivity contribution in [3.63, 3.8) is 0 Å². The van der Waals surface area contributed by atoms with Gasteiger partial charge in [-0.1, -0.05) is 13.8 Å². The second kappa shape index (κ2) is 6.16. The molecule has 0 saturated carbocycles. The Balaban J connectivity index is 2.76. The van der Waals surface area contributed by atoms with Crippen LogP contribution in [0.4, 0.5) is 5.69 Å². The van der Waals surface area contributed by atoms with Crippen molar-refractivity contribution >= 4 is 21.6 Å². The lowest BCUT2D eigenvalue weighted by Crippen LogP contribution is -2.44. The van der Waals surface area contributed by atoms with Gasteiger partial charge in [-0.05, 0) is 12.3 Å². The van der Waals surface area contributed by atoms with Crippen LogP contribution in [0, 0.1) is 5.92 Å². The molecule has 0 radical (unpaired) electrons. The van der Waals surface area contributed by atoms with Crippen molar-refractivity contribution in [2.24, 2.45) is 13.0 Å². The van der Waals surface area contributed by atoms with Gasteiger partial charge in [0.15, 0.2) is 0 Å². The maximum atomic E-state index is 12.1. The summed E-state index contributed by atoms with van der Waals surface area (Å²) in [5, 5.41) is 6.57. The summed E-state index contributed by atoms with van der Waals surface area (Å²) in [6, 6.07) is -0.782. The summed E-state index contributed by atoms with van der Waals surface area (Å²) in [7, 11) is -1.70. The zero-order valence-corrected chi connectivity index (χ0v) is 12.4. The van der Waals surface area contributed by atoms with Crippen LogP contribution in [0.3, 0.4) is 0 Å². The van der Waals surface area contributed by atoms with Crippen LogP contribution in [0.15, 0.2) is 12.4 Å². The molecule has 0 bridgehead atoms. The molecular formula is C11H20N4O3S. The Kier molecular flexibility index (Phi) is 5.07. The first-order valence-electron chi connectivity index (χ1n) is 5.94. The normalized spacial score (nSPS) is 13.5. The largest absolute Gasteiger partial charge is 0.322 e. The van der Waals surface area contributed by atoms with Crippen LogP contribution in [0.1, 0.15) is 20.3 Å². The monoisotopic (exact) mass is 288 g/mol. The van der Waals surface area contributed by atoms with Gasteiger partial charge in [0.05, 0.1) is 18.1 Å². The van der Waals surface area contributed by atoms with Crippen LogP contribution in [-0.2, 0) is 21.9 Å². The van der Waals surface area contributed by atoms with E-state index in [1.165, 1.54) is 6.20 Å². The van der Waals surface area contributed by atoms with Crippen molar-refractivity contribution in [2.75, 3.05) is 11.6 Å². The number of carbonyl (C=O) groups excluding carboxylic acids is 1.